The molecule has 160 valence electrons. The number of anilines is 1. The molecular weight excluding hydrogens is 409 g/mol. The molecule has 30 heavy (non-hydrogen) atoms. The molecule has 1 N–H and O–H groups in total. The Labute approximate surface area is 177 Å². The summed E-state index contributed by atoms with van der Waals surface area (Å²) in [5, 5.41) is 6.97. The van der Waals surface area contributed by atoms with Gasteiger partial charge in [0.25, 0.3) is 0 Å². The summed E-state index contributed by atoms with van der Waals surface area (Å²) < 4.78 is 32.6. The number of carbonyl (C=O) groups excluding carboxylic acids is 1. The minimum Gasteiger partial charge on any atom is -0.430 e. The topological polar surface area (TPSA) is 68.5 Å². The number of aromatic nitrogens is 2. The number of hydrogen-bond acceptors (Lipinski definition) is 4. The third-order valence-electron chi connectivity index (χ3n) is 4.20. The highest BCUT2D eigenvalue weighted by molar-refractivity contribution is 7.17. The molecular formula is C21H25F2N4O2P. The molecule has 0 saturated carbocycles. The molecule has 0 saturated heterocycles. The van der Waals surface area contributed by atoms with Gasteiger partial charge in [-0.3, -0.25) is 14.5 Å². The van der Waals surface area contributed by atoms with Gasteiger partial charge in [-0.1, -0.05) is 31.7 Å². The minimum absolute atomic E-state index is 0.0647. The van der Waals surface area contributed by atoms with Crippen LogP contribution >= 0.6 is 9.24 Å². The fourth-order valence-corrected chi connectivity index (χ4v) is 2.86. The molecule has 1 aromatic heterocycles. The lowest BCUT2D eigenvalue weighted by molar-refractivity contribution is -0.130. The van der Waals surface area contributed by atoms with E-state index in [9.17, 15) is 13.6 Å². The van der Waals surface area contributed by atoms with E-state index in [-0.39, 0.29) is 11.8 Å². The Morgan fingerprint density at radius 2 is 2.33 bits per heavy atom. The maximum atomic E-state index is 13.1. The number of halogens is 2. The Balaban J connectivity index is 2.32. The van der Waals surface area contributed by atoms with Gasteiger partial charge >= 0.3 is 5.85 Å². The van der Waals surface area contributed by atoms with Crippen molar-refractivity contribution in [3.05, 3.63) is 66.3 Å². The summed E-state index contributed by atoms with van der Waals surface area (Å²) in [6, 6.07) is 1.49. The van der Waals surface area contributed by atoms with Crippen molar-refractivity contribution in [3.8, 4) is 0 Å². The summed E-state index contributed by atoms with van der Waals surface area (Å²) in [5.41, 5.74) is 2.55. The molecule has 0 radical (unpaired) electrons. The third-order valence-corrected chi connectivity index (χ3v) is 4.32. The van der Waals surface area contributed by atoms with E-state index in [0.29, 0.717) is 18.6 Å². The van der Waals surface area contributed by atoms with Crippen LogP contribution in [0.5, 0.6) is 0 Å². The maximum Gasteiger partial charge on any atom is 0.408 e. The first-order valence-electron chi connectivity index (χ1n) is 9.35. The molecule has 9 heteroatoms. The average Bonchev–Trinajstić information content (AvgIpc) is 2.97. The van der Waals surface area contributed by atoms with Gasteiger partial charge in [-0.15, -0.1) is 0 Å². The average molecular weight is 434 g/mol. The number of rotatable bonds is 10. The Morgan fingerprint density at radius 3 is 2.97 bits per heavy atom. The number of nitrogens with zero attached hydrogens (tertiary/aromatic N) is 3. The van der Waals surface area contributed by atoms with Crippen molar-refractivity contribution in [2.45, 2.75) is 38.6 Å². The van der Waals surface area contributed by atoms with Gasteiger partial charge in [0.1, 0.15) is 5.76 Å². The molecule has 2 unspecified atom stereocenters. The van der Waals surface area contributed by atoms with Gasteiger partial charge in [-0.25, -0.2) is 0 Å². The number of aliphatic imine (C=N–C) groups is 1. The zero-order chi connectivity index (χ0) is 22.1. The minimum atomic E-state index is -3.34. The van der Waals surface area contributed by atoms with Crippen molar-refractivity contribution in [2.75, 3.05) is 5.32 Å². The second kappa shape index (κ2) is 10.8. The predicted molar refractivity (Wildman–Crippen MR) is 119 cm³/mol. The van der Waals surface area contributed by atoms with Gasteiger partial charge in [-0.05, 0) is 52.3 Å². The summed E-state index contributed by atoms with van der Waals surface area (Å²) in [6.45, 7) is 7.67. The molecule has 2 atom stereocenters. The summed E-state index contributed by atoms with van der Waals surface area (Å²) in [6.07, 6.45) is 13.4. The fraction of sp³-hybridized carbons (Fsp3) is 0.286. The van der Waals surface area contributed by atoms with E-state index in [2.05, 4.69) is 26.7 Å². The first kappa shape index (κ1) is 23.4. The number of nitrogens with one attached hydrogen (secondary N) is 1. The van der Waals surface area contributed by atoms with Crippen LogP contribution in [-0.4, -0.2) is 28.3 Å². The molecule has 0 fully saturated rings. The second-order valence-electron chi connectivity index (χ2n) is 6.45. The Morgan fingerprint density at radius 1 is 1.57 bits per heavy atom. The quantitative estimate of drug-likeness (QED) is 0.237. The zero-order valence-corrected chi connectivity index (χ0v) is 18.0. The van der Waals surface area contributed by atoms with E-state index in [1.54, 1.807) is 47.5 Å². The van der Waals surface area contributed by atoms with Crippen LogP contribution in [0, 0.1) is 0 Å². The van der Waals surface area contributed by atoms with E-state index in [0.717, 1.165) is 23.3 Å². The highest BCUT2D eigenvalue weighted by atomic mass is 31.0. The summed E-state index contributed by atoms with van der Waals surface area (Å²) in [7, 11) is 1.35. The number of amides is 1. The van der Waals surface area contributed by atoms with Crippen LogP contribution in [0.2, 0.25) is 0 Å². The second-order valence-corrected chi connectivity index (χ2v) is 7.12. The molecule has 1 aliphatic carbocycles. The van der Waals surface area contributed by atoms with Crippen molar-refractivity contribution in [1.29, 1.82) is 0 Å². The predicted octanol–water partition coefficient (Wildman–Crippen LogP) is 5.23. The van der Waals surface area contributed by atoms with E-state index < -0.39 is 5.85 Å². The number of ether oxygens (including phenoxy) is 1. The third kappa shape index (κ3) is 6.88. The van der Waals surface area contributed by atoms with Crippen LogP contribution in [0.1, 0.15) is 38.4 Å². The molecule has 1 heterocycles. The number of carbonyl (C=O) groups is 1. The molecule has 6 nitrogen and oxygen atoms in total. The molecule has 1 aromatic rings. The standard InChI is InChI=1S/C21H25F2N4O2P/c1-4-16(5-2)13-24-12-15(3)27-19(11-20(26-27)25-14-28)17-7-6-8-18(10-9-17)29-21(22,23)30/h4,6-8,10-15H,1,5,9,30H2,2-3H3,(H,25,26,28)/b16-13+,24-12?. The lowest BCUT2D eigenvalue weighted by Gasteiger charge is -2.14. The van der Waals surface area contributed by atoms with E-state index in [1.807, 2.05) is 13.8 Å². The van der Waals surface area contributed by atoms with Gasteiger partial charge in [0.15, 0.2) is 5.82 Å². The zero-order valence-electron chi connectivity index (χ0n) is 16.9. The molecule has 0 aromatic carbocycles. The van der Waals surface area contributed by atoms with E-state index in [1.165, 1.54) is 15.3 Å². The molecule has 1 amide bonds. The largest absolute Gasteiger partial charge is 0.430 e. The van der Waals surface area contributed by atoms with Crippen LogP contribution in [0.3, 0.4) is 0 Å². The number of hydrogen-bond donors (Lipinski definition) is 1. The smallest absolute Gasteiger partial charge is 0.408 e. The monoisotopic (exact) mass is 434 g/mol. The van der Waals surface area contributed by atoms with Crippen molar-refractivity contribution >= 4 is 33.3 Å². The van der Waals surface area contributed by atoms with Gasteiger partial charge < -0.3 is 10.1 Å². The van der Waals surface area contributed by atoms with Crippen LogP contribution in [0.15, 0.2) is 65.6 Å². The maximum absolute atomic E-state index is 13.1. The van der Waals surface area contributed by atoms with Crippen LogP contribution in [0.4, 0.5) is 14.6 Å². The Bertz CT molecular complexity index is 924. The molecule has 2 rings (SSSR count). The lowest BCUT2D eigenvalue weighted by atomic mass is 10.1. The number of allylic oxidation sites excluding steroid dienone is 7. The van der Waals surface area contributed by atoms with Gasteiger partial charge in [0.2, 0.25) is 6.41 Å². The number of alkyl halides is 2. The van der Waals surface area contributed by atoms with Crippen LogP contribution in [-0.2, 0) is 9.53 Å². The van der Waals surface area contributed by atoms with E-state index in [4.69, 9.17) is 0 Å². The first-order chi connectivity index (χ1) is 14.3. The molecule has 1 aliphatic rings. The SMILES string of the molecule is C=C/C(=C\N=CC(C)n1nc(NC=O)cc1C1=CC=CC(OC(F)(F)P)=CC1)CC. The first-order valence-corrected chi connectivity index (χ1v) is 9.93. The molecule has 0 aliphatic heterocycles. The summed E-state index contributed by atoms with van der Waals surface area (Å²) in [5.74, 6) is -2.90. The molecule has 0 spiro atoms. The van der Waals surface area contributed by atoms with Crippen molar-refractivity contribution in [3.63, 3.8) is 0 Å². The molecule has 0 bridgehead atoms. The van der Waals surface area contributed by atoms with Crippen molar-refractivity contribution in [1.82, 2.24) is 9.78 Å². The highest BCUT2D eigenvalue weighted by Gasteiger charge is 2.24. The van der Waals surface area contributed by atoms with E-state index >= 15 is 0 Å². The van der Waals surface area contributed by atoms with Crippen LogP contribution < -0.4 is 5.32 Å². The Kier molecular flexibility index (Phi) is 8.42. The van der Waals surface area contributed by atoms with Crippen molar-refractivity contribution < 1.29 is 18.3 Å². The summed E-state index contributed by atoms with van der Waals surface area (Å²) in [4.78, 5) is 15.2. The Hall–Kier alpha value is -2.86. The normalized spacial score (nSPS) is 16.0. The van der Waals surface area contributed by atoms with Gasteiger partial charge in [0, 0.05) is 18.5 Å². The summed E-state index contributed by atoms with van der Waals surface area (Å²) >= 11 is 0. The fourth-order valence-electron chi connectivity index (χ4n) is 2.72. The van der Waals surface area contributed by atoms with Crippen LogP contribution in [0.25, 0.3) is 5.57 Å². The van der Waals surface area contributed by atoms with Gasteiger partial charge in [0.05, 0.1) is 11.7 Å². The van der Waals surface area contributed by atoms with Crippen molar-refractivity contribution in [2.24, 2.45) is 4.99 Å². The van der Waals surface area contributed by atoms with Gasteiger partial charge in [-0.2, -0.15) is 13.9 Å². The lowest BCUT2D eigenvalue weighted by Crippen LogP contribution is -2.12. The highest BCUT2D eigenvalue weighted by Crippen LogP contribution is 2.31.